The second-order valence-electron chi connectivity index (χ2n) is 2.85. The molecular weight excluding hydrogens is 350 g/mol. The molecule has 0 bridgehead atoms. The molecule has 2 aromatic rings. The summed E-state index contributed by atoms with van der Waals surface area (Å²) < 4.78 is 6.02. The third-order valence-corrected chi connectivity index (χ3v) is 3.94. The van der Waals surface area contributed by atoms with Gasteiger partial charge in [0, 0.05) is 0 Å². The van der Waals surface area contributed by atoms with Gasteiger partial charge in [0.25, 0.3) is 0 Å². The second kappa shape index (κ2) is 4.27. The number of halogens is 3. The first-order valence-electron chi connectivity index (χ1n) is 4.03. The Morgan fingerprint density at radius 1 is 1.20 bits per heavy atom. The fraction of sp³-hybridized carbons (Fsp3) is 0.111. The summed E-state index contributed by atoms with van der Waals surface area (Å²) in [6.07, 6.45) is 0. The first kappa shape index (κ1) is 11.2. The van der Waals surface area contributed by atoms with Crippen molar-refractivity contribution in [1.29, 1.82) is 0 Å². The van der Waals surface area contributed by atoms with Crippen LogP contribution >= 0.6 is 45.8 Å². The lowest BCUT2D eigenvalue weighted by molar-refractivity contribution is 0.544. The molecule has 0 amide bonds. The van der Waals surface area contributed by atoms with E-state index in [-0.39, 0.29) is 0 Å². The third kappa shape index (κ3) is 2.26. The van der Waals surface area contributed by atoms with Gasteiger partial charge in [-0.1, -0.05) is 23.2 Å². The smallest absolute Gasteiger partial charge is 0.198 e. The topological polar surface area (TPSA) is 38.9 Å². The molecule has 0 radical (unpaired) electrons. The van der Waals surface area contributed by atoms with Crippen molar-refractivity contribution in [2.24, 2.45) is 0 Å². The fourth-order valence-electron chi connectivity index (χ4n) is 1.06. The number of rotatable bonds is 1. The Bertz CT molecular complexity index is 490. The highest BCUT2D eigenvalue weighted by atomic mass is 127. The summed E-state index contributed by atoms with van der Waals surface area (Å²) in [7, 11) is 0. The molecule has 15 heavy (non-hydrogen) atoms. The Morgan fingerprint density at radius 2 is 1.80 bits per heavy atom. The van der Waals surface area contributed by atoms with Crippen LogP contribution in [-0.4, -0.2) is 9.97 Å². The quantitative estimate of drug-likeness (QED) is 0.574. The number of nitrogens with zero attached hydrogens (tertiary/aromatic N) is 2. The molecule has 0 aliphatic rings. The normalized spacial score (nSPS) is 10.7. The van der Waals surface area contributed by atoms with Crippen LogP contribution in [0.2, 0.25) is 10.3 Å². The van der Waals surface area contributed by atoms with Gasteiger partial charge in [-0.25, -0.2) is 9.97 Å². The van der Waals surface area contributed by atoms with Crippen LogP contribution < -0.4 is 0 Å². The summed E-state index contributed by atoms with van der Waals surface area (Å²) in [5, 5.41) is 0.666. The lowest BCUT2D eigenvalue weighted by Gasteiger charge is -2.00. The molecule has 0 aliphatic carbocycles. The van der Waals surface area contributed by atoms with Crippen LogP contribution in [0.4, 0.5) is 0 Å². The van der Waals surface area contributed by atoms with Gasteiger partial charge in [0.2, 0.25) is 0 Å². The van der Waals surface area contributed by atoms with Crippen LogP contribution in [0.5, 0.6) is 0 Å². The Hall–Kier alpha value is -0.330. The Balaban J connectivity index is 2.55. The van der Waals surface area contributed by atoms with Gasteiger partial charge in [0.15, 0.2) is 11.6 Å². The predicted molar refractivity (Wildman–Crippen MR) is 67.2 cm³/mol. The molecule has 0 fully saturated rings. The Kier molecular flexibility index (Phi) is 3.18. The van der Waals surface area contributed by atoms with E-state index in [1.165, 1.54) is 0 Å². The molecule has 0 atom stereocenters. The van der Waals surface area contributed by atoms with Crippen LogP contribution in [-0.2, 0) is 0 Å². The van der Waals surface area contributed by atoms with Crippen molar-refractivity contribution in [2.45, 2.75) is 6.92 Å². The van der Waals surface area contributed by atoms with Crippen LogP contribution in [0.25, 0.3) is 11.6 Å². The minimum Gasteiger partial charge on any atom is -0.458 e. The van der Waals surface area contributed by atoms with E-state index in [0.29, 0.717) is 25.5 Å². The van der Waals surface area contributed by atoms with Crippen molar-refractivity contribution in [3.8, 4) is 11.6 Å². The molecule has 78 valence electrons. The van der Waals surface area contributed by atoms with Crippen LogP contribution in [0.1, 0.15) is 5.76 Å². The number of hydrogen-bond donors (Lipinski definition) is 0. The van der Waals surface area contributed by atoms with Crippen LogP contribution in [0, 0.1) is 10.5 Å². The van der Waals surface area contributed by atoms with E-state index in [2.05, 4.69) is 9.97 Å². The number of hydrogen-bond acceptors (Lipinski definition) is 3. The Labute approximate surface area is 110 Å². The van der Waals surface area contributed by atoms with Crippen LogP contribution in [0.3, 0.4) is 0 Å². The van der Waals surface area contributed by atoms with Gasteiger partial charge in [-0.15, -0.1) is 0 Å². The van der Waals surface area contributed by atoms with Gasteiger partial charge in [0.05, 0.1) is 3.57 Å². The Morgan fingerprint density at radius 3 is 2.27 bits per heavy atom. The van der Waals surface area contributed by atoms with Crippen LogP contribution in [0.15, 0.2) is 16.5 Å². The summed E-state index contributed by atoms with van der Waals surface area (Å²) in [6.45, 7) is 1.85. The van der Waals surface area contributed by atoms with E-state index in [4.69, 9.17) is 27.6 Å². The lowest BCUT2D eigenvalue weighted by atomic mass is 10.4. The van der Waals surface area contributed by atoms with Crippen molar-refractivity contribution in [3.63, 3.8) is 0 Å². The van der Waals surface area contributed by atoms with Gasteiger partial charge in [-0.3, -0.25) is 0 Å². The lowest BCUT2D eigenvalue weighted by Crippen LogP contribution is -1.92. The molecule has 3 nitrogen and oxygen atoms in total. The monoisotopic (exact) mass is 354 g/mol. The van der Waals surface area contributed by atoms with Gasteiger partial charge < -0.3 is 4.42 Å². The van der Waals surface area contributed by atoms with Crippen molar-refractivity contribution < 1.29 is 4.42 Å². The van der Waals surface area contributed by atoms with Crippen molar-refractivity contribution in [1.82, 2.24) is 9.97 Å². The summed E-state index contributed by atoms with van der Waals surface area (Å²) in [5.74, 6) is 1.76. The molecule has 0 unspecified atom stereocenters. The summed E-state index contributed by atoms with van der Waals surface area (Å²) in [4.78, 5) is 8.17. The molecule has 2 aromatic heterocycles. The molecular formula is C9H5Cl2IN2O. The van der Waals surface area contributed by atoms with E-state index < -0.39 is 0 Å². The van der Waals surface area contributed by atoms with Crippen molar-refractivity contribution >= 4 is 45.8 Å². The zero-order chi connectivity index (χ0) is 11.0. The molecule has 0 aliphatic heterocycles. The van der Waals surface area contributed by atoms with Gasteiger partial charge in [-0.05, 0) is 41.6 Å². The maximum Gasteiger partial charge on any atom is 0.198 e. The van der Waals surface area contributed by atoms with E-state index in [1.807, 2.05) is 35.6 Å². The highest BCUT2D eigenvalue weighted by molar-refractivity contribution is 14.1. The highest BCUT2D eigenvalue weighted by Crippen LogP contribution is 2.27. The first-order chi connectivity index (χ1) is 7.08. The average Bonchev–Trinajstić information content (AvgIpc) is 2.60. The zero-order valence-electron chi connectivity index (χ0n) is 7.59. The summed E-state index contributed by atoms with van der Waals surface area (Å²) in [6, 6.07) is 3.61. The SMILES string of the molecule is Cc1ccc(-c2nc(Cl)c(I)c(Cl)n2)o1. The standard InChI is InChI=1S/C9H5Cl2IN2O/c1-4-2-3-5(15-4)9-13-7(10)6(12)8(11)14-9/h2-3H,1H3. The van der Waals surface area contributed by atoms with E-state index in [0.717, 1.165) is 5.76 Å². The molecule has 2 rings (SSSR count). The molecule has 2 heterocycles. The molecule has 6 heteroatoms. The fourth-order valence-corrected chi connectivity index (χ4v) is 1.69. The molecule has 0 N–H and O–H groups in total. The number of aryl methyl sites for hydroxylation is 1. The maximum atomic E-state index is 5.89. The first-order valence-corrected chi connectivity index (χ1v) is 5.86. The minimum atomic E-state index is 0.333. The average molecular weight is 355 g/mol. The highest BCUT2D eigenvalue weighted by Gasteiger charge is 2.12. The third-order valence-electron chi connectivity index (χ3n) is 1.73. The number of furan rings is 1. The van der Waals surface area contributed by atoms with Gasteiger partial charge >= 0.3 is 0 Å². The van der Waals surface area contributed by atoms with Crippen molar-refractivity contribution in [3.05, 3.63) is 31.8 Å². The van der Waals surface area contributed by atoms with E-state index >= 15 is 0 Å². The molecule has 0 saturated carbocycles. The van der Waals surface area contributed by atoms with Crippen molar-refractivity contribution in [2.75, 3.05) is 0 Å². The van der Waals surface area contributed by atoms with Gasteiger partial charge in [-0.2, -0.15) is 0 Å². The minimum absolute atomic E-state index is 0.333. The summed E-state index contributed by atoms with van der Waals surface area (Å²) in [5.41, 5.74) is 0. The molecule has 0 spiro atoms. The predicted octanol–water partition coefficient (Wildman–Crippen LogP) is 3.96. The largest absolute Gasteiger partial charge is 0.458 e. The molecule has 0 saturated heterocycles. The number of aromatic nitrogens is 2. The molecule has 0 aromatic carbocycles. The summed E-state index contributed by atoms with van der Waals surface area (Å²) >= 11 is 13.8. The maximum absolute atomic E-state index is 5.89. The van der Waals surface area contributed by atoms with E-state index in [1.54, 1.807) is 6.07 Å². The van der Waals surface area contributed by atoms with E-state index in [9.17, 15) is 0 Å². The van der Waals surface area contributed by atoms with Gasteiger partial charge in [0.1, 0.15) is 16.1 Å². The second-order valence-corrected chi connectivity index (χ2v) is 4.65. The zero-order valence-corrected chi connectivity index (χ0v) is 11.3.